The molecule has 3 N–H and O–H groups in total. The zero-order valence-electron chi connectivity index (χ0n) is 28.8. The van der Waals surface area contributed by atoms with Crippen molar-refractivity contribution in [1.82, 2.24) is 20.5 Å². The van der Waals surface area contributed by atoms with Gasteiger partial charge in [-0.05, 0) is 79.3 Å². The van der Waals surface area contributed by atoms with Crippen molar-refractivity contribution < 1.29 is 23.8 Å². The van der Waals surface area contributed by atoms with E-state index in [1.807, 2.05) is 6.20 Å². The number of aliphatic hydroxyl groups excluding tert-OH is 1. The number of pyridine rings is 1. The maximum absolute atomic E-state index is 13.7. The second-order valence-corrected chi connectivity index (χ2v) is 15.4. The Balaban J connectivity index is 1.15. The highest BCUT2D eigenvalue weighted by molar-refractivity contribution is 5.81. The molecule has 3 aromatic rings. The Hall–Kier alpha value is -3.37. The molecular formula is C39H51FN4O4. The van der Waals surface area contributed by atoms with Crippen LogP contribution in [0.3, 0.4) is 0 Å². The zero-order chi connectivity index (χ0) is 33.9. The van der Waals surface area contributed by atoms with Crippen LogP contribution in [0.2, 0.25) is 0 Å². The third-order valence-electron chi connectivity index (χ3n) is 9.87. The number of aromatic nitrogens is 1. The maximum atomic E-state index is 13.7. The lowest BCUT2D eigenvalue weighted by Crippen LogP contribution is -2.56. The summed E-state index contributed by atoms with van der Waals surface area (Å²) < 4.78 is 26.2. The number of carbonyl (C=O) groups is 1. The molecule has 1 spiro atoms. The smallest absolute Gasteiger partial charge is 0.250 e. The van der Waals surface area contributed by atoms with Crippen LogP contribution in [0.4, 0.5) is 4.39 Å². The van der Waals surface area contributed by atoms with Crippen LogP contribution < -0.4 is 15.4 Å². The summed E-state index contributed by atoms with van der Waals surface area (Å²) in [6, 6.07) is 16.2. The number of aliphatic hydroxyl groups is 1. The molecular weight excluding hydrogens is 607 g/mol. The van der Waals surface area contributed by atoms with Crippen LogP contribution >= 0.6 is 0 Å². The van der Waals surface area contributed by atoms with Crippen LogP contribution in [0.5, 0.6) is 5.88 Å². The number of nitrogens with one attached hydrogen (secondary N) is 2. The Morgan fingerprint density at radius 3 is 2.62 bits per heavy atom. The monoisotopic (exact) mass is 658 g/mol. The number of hydrogen-bond donors (Lipinski definition) is 3. The Kier molecular flexibility index (Phi) is 10.5. The number of halogens is 1. The maximum Gasteiger partial charge on any atom is 0.250 e. The molecule has 1 saturated heterocycles. The molecule has 3 aliphatic rings. The standard InChI is InChI=1S/C39H51FN4O4/c1-26-7-5-8-28(17-26)24-44-15-16-47-35(25-44)36(46)43-32(19-27-9-11-30(40)12-10-27)34(45)23-41-33-21-39(13-6-14-39)48-37-31(33)18-29(22-42-37)20-38(2,3)4/h5,7-12,17-18,22,32-35,41,45H,6,13-16,19-21,23-25H2,1-4H3,(H,43,46)/t32-,33-,34-,35-/m0/s1. The summed E-state index contributed by atoms with van der Waals surface area (Å²) in [5.41, 5.74) is 5.30. The highest BCUT2D eigenvalue weighted by Gasteiger charge is 2.46. The first-order valence-corrected chi connectivity index (χ1v) is 17.5. The van der Waals surface area contributed by atoms with Crippen molar-refractivity contribution in [3.63, 3.8) is 0 Å². The lowest BCUT2D eigenvalue weighted by Gasteiger charge is -2.47. The Labute approximate surface area is 284 Å². The molecule has 0 radical (unpaired) electrons. The van der Waals surface area contributed by atoms with Crippen LogP contribution in [0.1, 0.15) is 80.3 Å². The largest absolute Gasteiger partial charge is 0.471 e. The van der Waals surface area contributed by atoms with E-state index >= 15 is 0 Å². The van der Waals surface area contributed by atoms with Gasteiger partial charge in [-0.1, -0.05) is 62.7 Å². The van der Waals surface area contributed by atoms with Crippen molar-refractivity contribution in [3.05, 3.63) is 94.4 Å². The van der Waals surface area contributed by atoms with E-state index in [-0.39, 0.29) is 35.3 Å². The van der Waals surface area contributed by atoms with E-state index in [1.54, 1.807) is 12.1 Å². The number of morpholine rings is 1. The third kappa shape index (κ3) is 8.80. The van der Waals surface area contributed by atoms with Gasteiger partial charge in [0, 0.05) is 50.4 Å². The van der Waals surface area contributed by atoms with Crippen LogP contribution in [0, 0.1) is 18.2 Å². The Morgan fingerprint density at radius 2 is 1.92 bits per heavy atom. The quantitative estimate of drug-likeness (QED) is 0.253. The molecule has 8 nitrogen and oxygen atoms in total. The van der Waals surface area contributed by atoms with Gasteiger partial charge in [0.25, 0.3) is 5.91 Å². The second-order valence-electron chi connectivity index (χ2n) is 15.4. The fourth-order valence-electron chi connectivity index (χ4n) is 7.26. The predicted molar refractivity (Wildman–Crippen MR) is 184 cm³/mol. The average Bonchev–Trinajstić information content (AvgIpc) is 3.02. The summed E-state index contributed by atoms with van der Waals surface area (Å²) in [7, 11) is 0. The normalized spacial score (nSPS) is 21.9. The van der Waals surface area contributed by atoms with Crippen LogP contribution in [0.25, 0.3) is 0 Å². The molecule has 2 aliphatic heterocycles. The molecule has 1 saturated carbocycles. The summed E-state index contributed by atoms with van der Waals surface area (Å²) in [5.74, 6) is 0.0933. The molecule has 2 aromatic carbocycles. The summed E-state index contributed by atoms with van der Waals surface area (Å²) in [5, 5.41) is 18.4. The second kappa shape index (κ2) is 14.6. The molecule has 1 amide bonds. The number of carbonyl (C=O) groups excluding carboxylic acids is 1. The minimum atomic E-state index is -0.916. The van der Waals surface area contributed by atoms with Gasteiger partial charge >= 0.3 is 0 Å². The minimum Gasteiger partial charge on any atom is -0.471 e. The van der Waals surface area contributed by atoms with E-state index in [0.717, 1.165) is 61.9 Å². The number of amides is 1. The number of fused-ring (bicyclic) bond motifs is 1. The van der Waals surface area contributed by atoms with Gasteiger partial charge in [0.05, 0.1) is 18.8 Å². The SMILES string of the molecule is Cc1cccc(CN2CCO[C@H](C(=O)N[C@@H](Cc3ccc(F)cc3)[C@@H](O)CN[C@H]3CC4(CCC4)Oc4ncc(CC(C)(C)C)cc43)C2)c1. The first-order chi connectivity index (χ1) is 22.9. The molecule has 0 unspecified atom stereocenters. The number of aryl methyl sites for hydroxylation is 1. The Morgan fingerprint density at radius 1 is 1.12 bits per heavy atom. The van der Waals surface area contributed by atoms with Crippen molar-refractivity contribution in [1.29, 1.82) is 0 Å². The van der Waals surface area contributed by atoms with Crippen LogP contribution in [-0.4, -0.2) is 71.0 Å². The molecule has 9 heteroatoms. The molecule has 3 heterocycles. The number of benzene rings is 2. The van der Waals surface area contributed by atoms with E-state index in [9.17, 15) is 14.3 Å². The van der Waals surface area contributed by atoms with Gasteiger partial charge in [-0.2, -0.15) is 0 Å². The predicted octanol–water partition coefficient (Wildman–Crippen LogP) is 5.44. The van der Waals surface area contributed by atoms with Gasteiger partial charge < -0.3 is 25.2 Å². The molecule has 258 valence electrons. The zero-order valence-corrected chi connectivity index (χ0v) is 28.8. The molecule has 48 heavy (non-hydrogen) atoms. The summed E-state index contributed by atoms with van der Waals surface area (Å²) >= 11 is 0. The van der Waals surface area contributed by atoms with Crippen molar-refractivity contribution in [2.45, 2.75) is 103 Å². The van der Waals surface area contributed by atoms with E-state index in [1.165, 1.54) is 23.3 Å². The summed E-state index contributed by atoms with van der Waals surface area (Å²) in [6.45, 7) is 11.4. The highest BCUT2D eigenvalue weighted by atomic mass is 19.1. The van der Waals surface area contributed by atoms with Crippen molar-refractivity contribution >= 4 is 5.91 Å². The third-order valence-corrected chi connectivity index (χ3v) is 9.87. The van der Waals surface area contributed by atoms with Gasteiger partial charge in [0.1, 0.15) is 17.5 Å². The highest BCUT2D eigenvalue weighted by Crippen LogP contribution is 2.48. The molecule has 6 rings (SSSR count). The lowest BCUT2D eigenvalue weighted by molar-refractivity contribution is -0.140. The van der Waals surface area contributed by atoms with Crippen molar-refractivity contribution in [2.24, 2.45) is 5.41 Å². The van der Waals surface area contributed by atoms with Crippen LogP contribution in [-0.2, 0) is 28.9 Å². The summed E-state index contributed by atoms with van der Waals surface area (Å²) in [4.78, 5) is 20.7. The molecule has 1 aliphatic carbocycles. The van der Waals surface area contributed by atoms with Gasteiger partial charge in [-0.25, -0.2) is 9.37 Å². The molecule has 1 aromatic heterocycles. The minimum absolute atomic E-state index is 0.0462. The van der Waals surface area contributed by atoms with Crippen molar-refractivity contribution in [2.75, 3.05) is 26.2 Å². The summed E-state index contributed by atoms with van der Waals surface area (Å²) in [6.07, 6.45) is 5.50. The van der Waals surface area contributed by atoms with Crippen molar-refractivity contribution in [3.8, 4) is 5.88 Å². The topological polar surface area (TPSA) is 96.0 Å². The van der Waals surface area contributed by atoms with E-state index in [4.69, 9.17) is 14.5 Å². The lowest BCUT2D eigenvalue weighted by atomic mass is 9.73. The molecule has 4 atom stereocenters. The molecule has 2 fully saturated rings. The Bertz CT molecular complexity index is 1550. The molecule has 0 bridgehead atoms. The number of hydrogen-bond acceptors (Lipinski definition) is 7. The number of nitrogens with zero attached hydrogens (tertiary/aromatic N) is 2. The number of rotatable bonds is 11. The fourth-order valence-corrected chi connectivity index (χ4v) is 7.26. The first-order valence-electron chi connectivity index (χ1n) is 17.5. The van der Waals surface area contributed by atoms with E-state index in [2.05, 4.69) is 73.6 Å². The van der Waals surface area contributed by atoms with Gasteiger partial charge in [-0.15, -0.1) is 0 Å². The first kappa shape index (κ1) is 34.5. The van der Waals surface area contributed by atoms with Gasteiger partial charge in [-0.3, -0.25) is 9.69 Å². The van der Waals surface area contributed by atoms with E-state index in [0.29, 0.717) is 25.5 Å². The number of ether oxygens (including phenoxy) is 2. The average molecular weight is 659 g/mol. The fraction of sp³-hybridized carbons (Fsp3) is 0.538. The van der Waals surface area contributed by atoms with Gasteiger partial charge in [0.2, 0.25) is 5.88 Å². The van der Waals surface area contributed by atoms with E-state index < -0.39 is 18.2 Å². The van der Waals surface area contributed by atoms with Crippen LogP contribution in [0.15, 0.2) is 60.8 Å². The van der Waals surface area contributed by atoms with Gasteiger partial charge in [0.15, 0.2) is 0 Å².